The number of amides is 1. The summed E-state index contributed by atoms with van der Waals surface area (Å²) >= 11 is 0. The molecule has 0 heterocycles. The second kappa shape index (κ2) is 7.13. The lowest BCUT2D eigenvalue weighted by atomic mass is 10.1. The number of nitrogens with one attached hydrogen (secondary N) is 2. The van der Waals surface area contributed by atoms with Crippen LogP contribution in [0.15, 0.2) is 42.5 Å². The van der Waals surface area contributed by atoms with Crippen molar-refractivity contribution in [3.8, 4) is 0 Å². The van der Waals surface area contributed by atoms with Crippen molar-refractivity contribution in [2.24, 2.45) is 0 Å². The Balaban J connectivity index is 1.96. The third-order valence-electron chi connectivity index (χ3n) is 3.44. The second-order valence-corrected chi connectivity index (χ2v) is 5.38. The monoisotopic (exact) mass is 305 g/mol. The predicted molar refractivity (Wildman–Crippen MR) is 81.6 cm³/mol. The van der Waals surface area contributed by atoms with Crippen molar-refractivity contribution in [2.45, 2.75) is 13.5 Å². The molecular weight excluding hydrogens is 286 g/mol. The second-order valence-electron chi connectivity index (χ2n) is 5.38. The standard InChI is InChI=1S/C17H18F2N2O/c1-12-6-3-4-7-13(12)10-21(2)11-16(22)20-17-14(18)8-5-9-15(17)19/h3-9H,10-11H2,1-2H3,(H,20,22)/p+1. The first kappa shape index (κ1) is 16.1. The average Bonchev–Trinajstić information content (AvgIpc) is 2.45. The van der Waals surface area contributed by atoms with Crippen LogP contribution in [-0.2, 0) is 11.3 Å². The summed E-state index contributed by atoms with van der Waals surface area (Å²) in [6.45, 7) is 2.80. The fourth-order valence-electron chi connectivity index (χ4n) is 2.27. The van der Waals surface area contributed by atoms with Gasteiger partial charge in [-0.05, 0) is 24.6 Å². The SMILES string of the molecule is Cc1ccccc1C[NH+](C)CC(=O)Nc1c(F)cccc1F. The molecule has 2 rings (SSSR count). The number of rotatable bonds is 5. The Morgan fingerprint density at radius 3 is 2.36 bits per heavy atom. The Labute approximate surface area is 128 Å². The first-order valence-corrected chi connectivity index (χ1v) is 7.07. The van der Waals surface area contributed by atoms with E-state index in [-0.39, 0.29) is 6.54 Å². The molecule has 2 aromatic carbocycles. The van der Waals surface area contributed by atoms with Gasteiger partial charge in [-0.2, -0.15) is 0 Å². The molecule has 0 aliphatic heterocycles. The number of anilines is 1. The van der Waals surface area contributed by atoms with E-state index in [1.165, 1.54) is 6.07 Å². The van der Waals surface area contributed by atoms with E-state index in [2.05, 4.69) is 5.32 Å². The highest BCUT2D eigenvalue weighted by Crippen LogP contribution is 2.17. The number of likely N-dealkylation sites (N-methyl/N-ethyl adjacent to an activating group) is 1. The third-order valence-corrected chi connectivity index (χ3v) is 3.44. The summed E-state index contributed by atoms with van der Waals surface area (Å²) in [6.07, 6.45) is 0. The highest BCUT2D eigenvalue weighted by molar-refractivity contribution is 5.91. The molecule has 0 aliphatic rings. The summed E-state index contributed by atoms with van der Waals surface area (Å²) < 4.78 is 27.0. The lowest BCUT2D eigenvalue weighted by Gasteiger charge is -2.15. The zero-order valence-corrected chi connectivity index (χ0v) is 12.6. The Morgan fingerprint density at radius 1 is 1.09 bits per heavy atom. The minimum atomic E-state index is -0.773. The molecule has 5 heteroatoms. The number of hydrogen-bond donors (Lipinski definition) is 2. The van der Waals surface area contributed by atoms with Crippen molar-refractivity contribution in [3.63, 3.8) is 0 Å². The molecule has 0 radical (unpaired) electrons. The van der Waals surface area contributed by atoms with Crippen molar-refractivity contribution in [1.29, 1.82) is 0 Å². The van der Waals surface area contributed by atoms with E-state index in [9.17, 15) is 13.6 Å². The molecule has 0 spiro atoms. The van der Waals surface area contributed by atoms with Crippen LogP contribution in [0, 0.1) is 18.6 Å². The molecule has 2 aromatic rings. The molecule has 1 amide bonds. The van der Waals surface area contributed by atoms with Gasteiger partial charge in [-0.15, -0.1) is 0 Å². The molecule has 0 aliphatic carbocycles. The smallest absolute Gasteiger partial charge is 0.279 e. The van der Waals surface area contributed by atoms with Gasteiger partial charge < -0.3 is 10.2 Å². The van der Waals surface area contributed by atoms with E-state index < -0.39 is 23.2 Å². The lowest BCUT2D eigenvalue weighted by Crippen LogP contribution is -3.08. The van der Waals surface area contributed by atoms with Crippen molar-refractivity contribution in [3.05, 3.63) is 65.2 Å². The van der Waals surface area contributed by atoms with Crippen molar-refractivity contribution < 1.29 is 18.5 Å². The van der Waals surface area contributed by atoms with Crippen LogP contribution in [0.25, 0.3) is 0 Å². The summed E-state index contributed by atoms with van der Waals surface area (Å²) in [5, 5.41) is 2.30. The van der Waals surface area contributed by atoms with Crippen LogP contribution >= 0.6 is 0 Å². The number of quaternary nitrogens is 1. The molecule has 116 valence electrons. The molecule has 0 saturated carbocycles. The average molecular weight is 305 g/mol. The van der Waals surface area contributed by atoms with Crippen molar-refractivity contribution >= 4 is 11.6 Å². The first-order valence-electron chi connectivity index (χ1n) is 7.07. The van der Waals surface area contributed by atoms with Crippen LogP contribution in [0.2, 0.25) is 0 Å². The fraction of sp³-hybridized carbons (Fsp3) is 0.235. The normalized spacial score (nSPS) is 12.0. The maximum Gasteiger partial charge on any atom is 0.279 e. The molecule has 0 fully saturated rings. The number of carbonyl (C=O) groups is 1. The summed E-state index contributed by atoms with van der Waals surface area (Å²) in [4.78, 5) is 12.9. The van der Waals surface area contributed by atoms with E-state index in [4.69, 9.17) is 0 Å². The van der Waals surface area contributed by atoms with Crippen LogP contribution in [0.4, 0.5) is 14.5 Å². The molecule has 22 heavy (non-hydrogen) atoms. The molecule has 0 aromatic heterocycles. The van der Waals surface area contributed by atoms with Crippen molar-refractivity contribution in [1.82, 2.24) is 0 Å². The summed E-state index contributed by atoms with van der Waals surface area (Å²) in [6, 6.07) is 11.4. The number of hydrogen-bond acceptors (Lipinski definition) is 1. The predicted octanol–water partition coefficient (Wildman–Crippen LogP) is 1.93. The number of para-hydroxylation sites is 1. The van der Waals surface area contributed by atoms with Crippen LogP contribution in [-0.4, -0.2) is 19.5 Å². The van der Waals surface area contributed by atoms with Gasteiger partial charge in [-0.25, -0.2) is 8.78 Å². The van der Waals surface area contributed by atoms with Crippen molar-refractivity contribution in [2.75, 3.05) is 18.9 Å². The largest absolute Gasteiger partial charge is 0.326 e. The van der Waals surface area contributed by atoms with E-state index in [1.807, 2.05) is 38.2 Å². The highest BCUT2D eigenvalue weighted by atomic mass is 19.1. The number of halogens is 2. The summed E-state index contributed by atoms with van der Waals surface area (Å²) in [7, 11) is 1.86. The maximum absolute atomic E-state index is 13.5. The molecule has 1 atom stereocenters. The van der Waals surface area contributed by atoms with Gasteiger partial charge in [0.15, 0.2) is 6.54 Å². The van der Waals surface area contributed by atoms with Gasteiger partial charge in [0.25, 0.3) is 5.91 Å². The molecule has 2 N–H and O–H groups in total. The van der Waals surface area contributed by atoms with Gasteiger partial charge in [0.05, 0.1) is 7.05 Å². The molecule has 0 bridgehead atoms. The van der Waals surface area contributed by atoms with E-state index >= 15 is 0 Å². The van der Waals surface area contributed by atoms with Gasteiger partial charge in [-0.1, -0.05) is 30.3 Å². The number of carbonyl (C=O) groups excluding carboxylic acids is 1. The topological polar surface area (TPSA) is 33.5 Å². The van der Waals surface area contributed by atoms with Crippen LogP contribution in [0.3, 0.4) is 0 Å². The Kier molecular flexibility index (Phi) is 5.22. The van der Waals surface area contributed by atoms with Gasteiger partial charge in [-0.3, -0.25) is 4.79 Å². The summed E-state index contributed by atoms with van der Waals surface area (Å²) in [5.41, 5.74) is 1.91. The van der Waals surface area contributed by atoms with Crippen LogP contribution in [0.5, 0.6) is 0 Å². The number of aryl methyl sites for hydroxylation is 1. The van der Waals surface area contributed by atoms with E-state index in [1.54, 1.807) is 0 Å². The van der Waals surface area contributed by atoms with E-state index in [0.717, 1.165) is 28.2 Å². The molecule has 3 nitrogen and oxygen atoms in total. The van der Waals surface area contributed by atoms with Gasteiger partial charge in [0.1, 0.15) is 23.9 Å². The fourth-order valence-corrected chi connectivity index (χ4v) is 2.27. The van der Waals surface area contributed by atoms with Crippen LogP contribution in [0.1, 0.15) is 11.1 Å². The van der Waals surface area contributed by atoms with Gasteiger partial charge >= 0.3 is 0 Å². The van der Waals surface area contributed by atoms with Gasteiger partial charge in [0, 0.05) is 5.56 Å². The minimum Gasteiger partial charge on any atom is -0.326 e. The molecule has 1 unspecified atom stereocenters. The zero-order chi connectivity index (χ0) is 16.1. The van der Waals surface area contributed by atoms with E-state index in [0.29, 0.717) is 6.54 Å². The Morgan fingerprint density at radius 2 is 1.73 bits per heavy atom. The molecule has 0 saturated heterocycles. The maximum atomic E-state index is 13.5. The lowest BCUT2D eigenvalue weighted by molar-refractivity contribution is -0.885. The zero-order valence-electron chi connectivity index (χ0n) is 12.6. The van der Waals surface area contributed by atoms with Crippen LogP contribution < -0.4 is 10.2 Å². The Bertz CT molecular complexity index is 653. The quantitative estimate of drug-likeness (QED) is 0.869. The van der Waals surface area contributed by atoms with Gasteiger partial charge in [0.2, 0.25) is 0 Å². The number of benzene rings is 2. The Hall–Kier alpha value is -2.27. The third kappa shape index (κ3) is 4.11. The highest BCUT2D eigenvalue weighted by Gasteiger charge is 2.15. The first-order chi connectivity index (χ1) is 10.5. The molecular formula is C17H19F2N2O+. The summed E-state index contributed by atoms with van der Waals surface area (Å²) in [5.74, 6) is -1.97. The minimum absolute atomic E-state index is 0.127.